The van der Waals surface area contributed by atoms with Crippen LogP contribution >= 0.6 is 23.7 Å². The molecule has 1 amide bonds. The number of hydrogen-bond donors (Lipinski definition) is 1. The number of aryl methyl sites for hydroxylation is 1. The van der Waals surface area contributed by atoms with Crippen LogP contribution in [0.3, 0.4) is 0 Å². The van der Waals surface area contributed by atoms with E-state index in [0.717, 1.165) is 54.6 Å². The SMILES string of the molecule is Cc1nc(C(C)(C)C)sc1C(=O)N1CCC2(CCNC2)CC1.Cl. The van der Waals surface area contributed by atoms with Gasteiger partial charge in [0.15, 0.2) is 0 Å². The molecular formula is C17H28ClN3OS. The van der Waals surface area contributed by atoms with Gasteiger partial charge >= 0.3 is 0 Å². The van der Waals surface area contributed by atoms with Gasteiger partial charge in [-0.25, -0.2) is 4.98 Å². The highest BCUT2D eigenvalue weighted by molar-refractivity contribution is 7.14. The minimum absolute atomic E-state index is 0. The zero-order valence-corrected chi connectivity index (χ0v) is 16.2. The molecule has 2 aliphatic rings. The topological polar surface area (TPSA) is 45.2 Å². The van der Waals surface area contributed by atoms with Crippen molar-refractivity contribution in [1.29, 1.82) is 0 Å². The van der Waals surface area contributed by atoms with E-state index in [2.05, 4.69) is 31.1 Å². The van der Waals surface area contributed by atoms with Gasteiger partial charge in [0.25, 0.3) is 5.91 Å². The number of halogens is 1. The second kappa shape index (κ2) is 6.69. The number of piperidine rings is 1. The van der Waals surface area contributed by atoms with Crippen LogP contribution in [0.15, 0.2) is 0 Å². The van der Waals surface area contributed by atoms with Crippen molar-refractivity contribution < 1.29 is 4.79 Å². The number of amides is 1. The van der Waals surface area contributed by atoms with Crippen LogP contribution in [0.25, 0.3) is 0 Å². The maximum Gasteiger partial charge on any atom is 0.265 e. The summed E-state index contributed by atoms with van der Waals surface area (Å²) in [5.74, 6) is 0.186. The highest BCUT2D eigenvalue weighted by Gasteiger charge is 2.38. The Morgan fingerprint density at radius 1 is 1.26 bits per heavy atom. The zero-order valence-electron chi connectivity index (χ0n) is 14.6. The number of nitrogens with one attached hydrogen (secondary N) is 1. The minimum Gasteiger partial charge on any atom is -0.338 e. The molecule has 2 fully saturated rings. The number of rotatable bonds is 1. The lowest BCUT2D eigenvalue weighted by Crippen LogP contribution is -2.44. The second-order valence-electron chi connectivity index (χ2n) is 7.90. The molecule has 1 aromatic rings. The van der Waals surface area contributed by atoms with E-state index in [1.165, 1.54) is 6.42 Å². The van der Waals surface area contributed by atoms with Crippen molar-refractivity contribution in [2.24, 2.45) is 5.41 Å². The number of hydrogen-bond acceptors (Lipinski definition) is 4. The average molecular weight is 358 g/mol. The van der Waals surface area contributed by atoms with Crippen LogP contribution in [0.5, 0.6) is 0 Å². The van der Waals surface area contributed by atoms with Crippen molar-refractivity contribution in [3.63, 3.8) is 0 Å². The molecule has 1 aromatic heterocycles. The van der Waals surface area contributed by atoms with Gasteiger partial charge in [-0.1, -0.05) is 20.8 Å². The smallest absolute Gasteiger partial charge is 0.265 e. The number of nitrogens with zero attached hydrogens (tertiary/aromatic N) is 2. The van der Waals surface area contributed by atoms with Crippen LogP contribution in [0.2, 0.25) is 0 Å². The van der Waals surface area contributed by atoms with Crippen molar-refractivity contribution in [2.45, 2.75) is 52.4 Å². The summed E-state index contributed by atoms with van der Waals surface area (Å²) in [6, 6.07) is 0. The van der Waals surface area contributed by atoms with Crippen molar-refractivity contribution in [2.75, 3.05) is 26.2 Å². The van der Waals surface area contributed by atoms with Crippen LogP contribution in [0.1, 0.15) is 60.4 Å². The molecule has 0 aliphatic carbocycles. The van der Waals surface area contributed by atoms with Crippen LogP contribution < -0.4 is 5.32 Å². The first-order valence-electron chi connectivity index (χ1n) is 8.29. The minimum atomic E-state index is 0. The van der Waals surface area contributed by atoms with Gasteiger partial charge in [0, 0.05) is 25.0 Å². The summed E-state index contributed by atoms with van der Waals surface area (Å²) in [7, 11) is 0. The van der Waals surface area contributed by atoms with Gasteiger partial charge < -0.3 is 10.2 Å². The third-order valence-corrected chi connectivity index (χ3v) is 6.65. The van der Waals surface area contributed by atoms with Gasteiger partial charge in [-0.2, -0.15) is 0 Å². The van der Waals surface area contributed by atoms with E-state index < -0.39 is 0 Å². The van der Waals surface area contributed by atoms with Crippen LogP contribution in [-0.2, 0) is 5.41 Å². The molecule has 1 spiro atoms. The molecule has 0 bridgehead atoms. The Kier molecular flexibility index (Phi) is 5.44. The fraction of sp³-hybridized carbons (Fsp3) is 0.765. The molecule has 3 heterocycles. The maximum atomic E-state index is 12.8. The molecule has 0 radical (unpaired) electrons. The van der Waals surface area contributed by atoms with Gasteiger partial charge in [0.05, 0.1) is 10.7 Å². The maximum absolute atomic E-state index is 12.8. The third kappa shape index (κ3) is 3.72. The summed E-state index contributed by atoms with van der Waals surface area (Å²) < 4.78 is 0. The summed E-state index contributed by atoms with van der Waals surface area (Å²) in [5, 5.41) is 4.53. The molecule has 1 N–H and O–H groups in total. The molecule has 23 heavy (non-hydrogen) atoms. The summed E-state index contributed by atoms with van der Waals surface area (Å²) >= 11 is 1.58. The molecule has 0 atom stereocenters. The lowest BCUT2D eigenvalue weighted by atomic mass is 9.78. The Morgan fingerprint density at radius 3 is 2.39 bits per heavy atom. The number of aromatic nitrogens is 1. The normalized spacial score (nSPS) is 20.6. The standard InChI is InChI=1S/C17H27N3OS.ClH/c1-12-13(22-15(19-12)16(2,3)4)14(21)20-9-6-17(7-10-20)5-8-18-11-17;/h18H,5-11H2,1-4H3;1H. The van der Waals surface area contributed by atoms with Gasteiger partial charge in [0.1, 0.15) is 4.88 Å². The van der Waals surface area contributed by atoms with Gasteiger partial charge in [-0.15, -0.1) is 23.7 Å². The first-order valence-corrected chi connectivity index (χ1v) is 9.10. The number of thiazole rings is 1. The van der Waals surface area contributed by atoms with Gasteiger partial charge in [-0.3, -0.25) is 4.79 Å². The predicted molar refractivity (Wildman–Crippen MR) is 97.9 cm³/mol. The Hall–Kier alpha value is -0.650. The molecule has 3 rings (SSSR count). The molecule has 0 aromatic carbocycles. The molecule has 2 saturated heterocycles. The summed E-state index contributed by atoms with van der Waals surface area (Å²) in [4.78, 5) is 20.4. The van der Waals surface area contributed by atoms with Crippen molar-refractivity contribution in [3.8, 4) is 0 Å². The lowest BCUT2D eigenvalue weighted by Gasteiger charge is -2.38. The lowest BCUT2D eigenvalue weighted by molar-refractivity contribution is 0.0611. The molecular weight excluding hydrogens is 330 g/mol. The van der Waals surface area contributed by atoms with E-state index in [-0.39, 0.29) is 23.7 Å². The van der Waals surface area contributed by atoms with E-state index in [1.54, 1.807) is 11.3 Å². The Morgan fingerprint density at radius 2 is 1.91 bits per heavy atom. The van der Waals surface area contributed by atoms with Crippen LogP contribution in [-0.4, -0.2) is 42.0 Å². The van der Waals surface area contributed by atoms with Crippen molar-refractivity contribution in [3.05, 3.63) is 15.6 Å². The van der Waals surface area contributed by atoms with Crippen molar-refractivity contribution >= 4 is 29.7 Å². The van der Waals surface area contributed by atoms with E-state index in [4.69, 9.17) is 0 Å². The van der Waals surface area contributed by atoms with E-state index in [9.17, 15) is 4.79 Å². The van der Waals surface area contributed by atoms with Gasteiger partial charge in [0.2, 0.25) is 0 Å². The molecule has 130 valence electrons. The molecule has 6 heteroatoms. The first kappa shape index (κ1) is 18.7. The predicted octanol–water partition coefficient (Wildman–Crippen LogP) is 3.39. The summed E-state index contributed by atoms with van der Waals surface area (Å²) in [6.07, 6.45) is 3.54. The highest BCUT2D eigenvalue weighted by Crippen LogP contribution is 2.38. The molecule has 0 saturated carbocycles. The largest absolute Gasteiger partial charge is 0.338 e. The monoisotopic (exact) mass is 357 g/mol. The van der Waals surface area contributed by atoms with E-state index in [1.807, 2.05) is 11.8 Å². The third-order valence-electron chi connectivity index (χ3n) is 5.08. The highest BCUT2D eigenvalue weighted by atomic mass is 35.5. The van der Waals surface area contributed by atoms with Crippen LogP contribution in [0.4, 0.5) is 0 Å². The zero-order chi connectivity index (χ0) is 16.0. The van der Waals surface area contributed by atoms with E-state index >= 15 is 0 Å². The molecule has 4 nitrogen and oxygen atoms in total. The summed E-state index contributed by atoms with van der Waals surface area (Å²) in [6.45, 7) is 12.5. The number of likely N-dealkylation sites (tertiary alicyclic amines) is 1. The molecule has 2 aliphatic heterocycles. The van der Waals surface area contributed by atoms with Gasteiger partial charge in [-0.05, 0) is 38.1 Å². The average Bonchev–Trinajstić information content (AvgIpc) is 3.06. The summed E-state index contributed by atoms with van der Waals surface area (Å²) in [5.41, 5.74) is 1.36. The Bertz CT molecular complexity index is 563. The van der Waals surface area contributed by atoms with E-state index in [0.29, 0.717) is 5.41 Å². The first-order chi connectivity index (χ1) is 10.3. The number of carbonyl (C=O) groups excluding carboxylic acids is 1. The Balaban J connectivity index is 0.00000192. The van der Waals surface area contributed by atoms with Crippen LogP contribution in [0, 0.1) is 12.3 Å². The van der Waals surface area contributed by atoms with Crippen molar-refractivity contribution in [1.82, 2.24) is 15.2 Å². The fourth-order valence-electron chi connectivity index (χ4n) is 3.47. The Labute approximate surface area is 149 Å². The fourth-order valence-corrected chi connectivity index (χ4v) is 4.56. The number of carbonyl (C=O) groups is 1. The second-order valence-corrected chi connectivity index (χ2v) is 8.90. The quantitative estimate of drug-likeness (QED) is 0.837. The molecule has 0 unspecified atom stereocenters.